The molecule has 20 heavy (non-hydrogen) atoms. The predicted octanol–water partition coefficient (Wildman–Crippen LogP) is 0.982. The van der Waals surface area contributed by atoms with Crippen LogP contribution in [0.3, 0.4) is 0 Å². The fraction of sp³-hybridized carbons (Fsp3) is 0.182. The first-order valence-electron chi connectivity index (χ1n) is 5.15. The van der Waals surface area contributed by atoms with Crippen LogP contribution in [-0.4, -0.2) is 33.0 Å². The Hall–Kier alpha value is -2.97. The van der Waals surface area contributed by atoms with E-state index in [2.05, 4.69) is 4.74 Å². The molecule has 1 rings (SSSR count). The molecule has 0 aromatic heterocycles. The minimum atomic E-state index is -1.88. The molecule has 0 aliphatic rings. The standard InChI is InChI=1S/C11H9NO8/c1-5(13)20-9(11(16)17)7-3-2-6(10(14)15)4-8(7)12(18)19/h2-4,9H,1H3,(H,14,15)(H,16,17). The summed E-state index contributed by atoms with van der Waals surface area (Å²) in [5.74, 6) is -3.95. The van der Waals surface area contributed by atoms with Crippen LogP contribution in [-0.2, 0) is 14.3 Å². The van der Waals surface area contributed by atoms with Crippen molar-refractivity contribution in [3.05, 3.63) is 39.4 Å². The van der Waals surface area contributed by atoms with Crippen molar-refractivity contribution < 1.29 is 34.3 Å². The van der Waals surface area contributed by atoms with Gasteiger partial charge < -0.3 is 14.9 Å². The van der Waals surface area contributed by atoms with Crippen LogP contribution >= 0.6 is 0 Å². The summed E-state index contributed by atoms with van der Waals surface area (Å²) >= 11 is 0. The number of carbonyl (C=O) groups excluding carboxylic acids is 1. The number of carboxylic acids is 2. The summed E-state index contributed by atoms with van der Waals surface area (Å²) < 4.78 is 4.50. The summed E-state index contributed by atoms with van der Waals surface area (Å²) in [4.78, 5) is 42.5. The second-order valence-electron chi connectivity index (χ2n) is 3.66. The molecule has 1 unspecified atom stereocenters. The lowest BCUT2D eigenvalue weighted by molar-refractivity contribution is -0.386. The molecule has 2 N–H and O–H groups in total. The minimum Gasteiger partial charge on any atom is -0.478 e. The molecule has 0 aliphatic heterocycles. The molecular weight excluding hydrogens is 274 g/mol. The normalized spacial score (nSPS) is 11.4. The SMILES string of the molecule is CC(=O)OC(C(=O)O)c1ccc(C(=O)O)cc1[N+](=O)[O-]. The zero-order valence-electron chi connectivity index (χ0n) is 10.1. The lowest BCUT2D eigenvalue weighted by Crippen LogP contribution is -2.19. The monoisotopic (exact) mass is 283 g/mol. The molecular formula is C11H9NO8. The van der Waals surface area contributed by atoms with Crippen LogP contribution in [0.4, 0.5) is 5.69 Å². The summed E-state index contributed by atoms with van der Waals surface area (Å²) in [5.41, 5.74) is -1.55. The molecule has 0 spiro atoms. The molecule has 9 nitrogen and oxygen atoms in total. The smallest absolute Gasteiger partial charge is 0.350 e. The zero-order chi connectivity index (χ0) is 15.4. The number of aliphatic carboxylic acids is 1. The molecule has 1 aromatic rings. The Morgan fingerprint density at radius 2 is 1.90 bits per heavy atom. The summed E-state index contributed by atoms with van der Waals surface area (Å²) in [6, 6.07) is 2.63. The zero-order valence-corrected chi connectivity index (χ0v) is 10.1. The molecule has 0 heterocycles. The van der Waals surface area contributed by atoms with Gasteiger partial charge >= 0.3 is 17.9 Å². The van der Waals surface area contributed by atoms with Gasteiger partial charge in [-0.3, -0.25) is 14.9 Å². The molecule has 0 aliphatic carbocycles. The van der Waals surface area contributed by atoms with Crippen molar-refractivity contribution in [2.24, 2.45) is 0 Å². The Morgan fingerprint density at radius 1 is 1.30 bits per heavy atom. The molecule has 0 bridgehead atoms. The number of esters is 1. The van der Waals surface area contributed by atoms with Gasteiger partial charge in [-0.05, 0) is 12.1 Å². The van der Waals surface area contributed by atoms with E-state index >= 15 is 0 Å². The van der Waals surface area contributed by atoms with Gasteiger partial charge in [0.2, 0.25) is 6.10 Å². The Kier molecular flexibility index (Phi) is 4.36. The van der Waals surface area contributed by atoms with Gasteiger partial charge in [-0.1, -0.05) is 0 Å². The van der Waals surface area contributed by atoms with Crippen molar-refractivity contribution in [1.29, 1.82) is 0 Å². The summed E-state index contributed by atoms with van der Waals surface area (Å²) in [6.07, 6.45) is -1.88. The first-order chi connectivity index (χ1) is 9.23. The van der Waals surface area contributed by atoms with E-state index in [9.17, 15) is 24.5 Å². The van der Waals surface area contributed by atoms with Crippen LogP contribution in [0.5, 0.6) is 0 Å². The molecule has 0 saturated heterocycles. The number of benzene rings is 1. The second kappa shape index (κ2) is 5.78. The number of ether oxygens (including phenoxy) is 1. The van der Waals surface area contributed by atoms with Crippen molar-refractivity contribution in [2.45, 2.75) is 13.0 Å². The van der Waals surface area contributed by atoms with Gasteiger partial charge in [-0.2, -0.15) is 0 Å². The molecule has 0 saturated carbocycles. The number of nitro benzene ring substituents is 1. The highest BCUT2D eigenvalue weighted by Crippen LogP contribution is 2.29. The van der Waals surface area contributed by atoms with Gasteiger partial charge in [-0.15, -0.1) is 0 Å². The van der Waals surface area contributed by atoms with Crippen molar-refractivity contribution in [2.75, 3.05) is 0 Å². The fourth-order valence-corrected chi connectivity index (χ4v) is 1.47. The fourth-order valence-electron chi connectivity index (χ4n) is 1.47. The Morgan fingerprint density at radius 3 is 2.30 bits per heavy atom. The number of nitrogens with zero attached hydrogens (tertiary/aromatic N) is 1. The minimum absolute atomic E-state index is 0.382. The number of carbonyl (C=O) groups is 3. The Labute approximate surface area is 111 Å². The van der Waals surface area contributed by atoms with Gasteiger partial charge in [0, 0.05) is 13.0 Å². The van der Waals surface area contributed by atoms with E-state index in [1.165, 1.54) is 0 Å². The van der Waals surface area contributed by atoms with Crippen LogP contribution in [0.2, 0.25) is 0 Å². The van der Waals surface area contributed by atoms with Crippen LogP contribution in [0.25, 0.3) is 0 Å². The number of hydrogen-bond acceptors (Lipinski definition) is 6. The van der Waals surface area contributed by atoms with E-state index in [-0.39, 0.29) is 5.56 Å². The predicted molar refractivity (Wildman–Crippen MR) is 62.2 cm³/mol. The highest BCUT2D eigenvalue weighted by Gasteiger charge is 2.31. The summed E-state index contributed by atoms with van der Waals surface area (Å²) in [6.45, 7) is 0.952. The van der Waals surface area contributed by atoms with Gasteiger partial charge in [-0.25, -0.2) is 9.59 Å². The number of carboxylic acid groups (broad SMARTS) is 2. The second-order valence-corrected chi connectivity index (χ2v) is 3.66. The number of hydrogen-bond donors (Lipinski definition) is 2. The van der Waals surface area contributed by atoms with Crippen LogP contribution in [0.15, 0.2) is 18.2 Å². The number of nitro groups is 1. The van der Waals surface area contributed by atoms with Gasteiger partial charge in [0.1, 0.15) is 0 Å². The van der Waals surface area contributed by atoms with Crippen molar-refractivity contribution in [3.8, 4) is 0 Å². The van der Waals surface area contributed by atoms with E-state index in [4.69, 9.17) is 10.2 Å². The van der Waals surface area contributed by atoms with Crippen LogP contribution in [0.1, 0.15) is 28.9 Å². The van der Waals surface area contributed by atoms with Crippen molar-refractivity contribution in [1.82, 2.24) is 0 Å². The average molecular weight is 283 g/mol. The van der Waals surface area contributed by atoms with Crippen LogP contribution in [0, 0.1) is 10.1 Å². The van der Waals surface area contributed by atoms with E-state index in [0.29, 0.717) is 6.07 Å². The molecule has 0 radical (unpaired) electrons. The maximum Gasteiger partial charge on any atom is 0.350 e. The Balaban J connectivity index is 3.41. The largest absolute Gasteiger partial charge is 0.478 e. The van der Waals surface area contributed by atoms with Gasteiger partial charge in [0.25, 0.3) is 5.69 Å². The van der Waals surface area contributed by atoms with Crippen LogP contribution < -0.4 is 0 Å². The van der Waals surface area contributed by atoms with E-state index < -0.39 is 40.2 Å². The lowest BCUT2D eigenvalue weighted by Gasteiger charge is -2.13. The van der Waals surface area contributed by atoms with E-state index in [1.54, 1.807) is 0 Å². The Bertz CT molecular complexity index is 594. The average Bonchev–Trinajstić information content (AvgIpc) is 2.34. The summed E-state index contributed by atoms with van der Waals surface area (Å²) in [5, 5.41) is 28.6. The van der Waals surface area contributed by atoms with E-state index in [0.717, 1.165) is 19.1 Å². The molecule has 106 valence electrons. The topological polar surface area (TPSA) is 144 Å². The third kappa shape index (κ3) is 3.28. The molecule has 9 heteroatoms. The first-order valence-corrected chi connectivity index (χ1v) is 5.15. The molecule has 0 amide bonds. The summed E-state index contributed by atoms with van der Waals surface area (Å²) in [7, 11) is 0. The van der Waals surface area contributed by atoms with Crippen molar-refractivity contribution in [3.63, 3.8) is 0 Å². The third-order valence-corrected chi connectivity index (χ3v) is 2.26. The first kappa shape index (κ1) is 15.1. The molecule has 0 fully saturated rings. The highest BCUT2D eigenvalue weighted by atomic mass is 16.6. The number of rotatable bonds is 5. The molecule has 1 atom stereocenters. The third-order valence-electron chi connectivity index (χ3n) is 2.26. The number of aromatic carboxylic acids is 1. The highest BCUT2D eigenvalue weighted by molar-refractivity contribution is 5.89. The van der Waals surface area contributed by atoms with Crippen molar-refractivity contribution >= 4 is 23.6 Å². The molecule has 1 aromatic carbocycles. The van der Waals surface area contributed by atoms with Gasteiger partial charge in [0.15, 0.2) is 0 Å². The van der Waals surface area contributed by atoms with E-state index in [1.807, 2.05) is 0 Å². The maximum atomic E-state index is 11.0. The lowest BCUT2D eigenvalue weighted by atomic mass is 10.0. The quantitative estimate of drug-likeness (QED) is 0.462. The maximum absolute atomic E-state index is 11.0. The van der Waals surface area contributed by atoms with Gasteiger partial charge in [0.05, 0.1) is 16.1 Å².